The van der Waals surface area contributed by atoms with Gasteiger partial charge in [-0.1, -0.05) is 55.5 Å². The van der Waals surface area contributed by atoms with Gasteiger partial charge in [-0.3, -0.25) is 4.79 Å². The number of carbonyl (C=O) groups excluding carboxylic acids is 1. The molecular weight excluding hydrogens is 330 g/mol. The van der Waals surface area contributed by atoms with Gasteiger partial charge in [0.1, 0.15) is 11.8 Å². The molecule has 2 N–H and O–H groups in total. The van der Waals surface area contributed by atoms with Gasteiger partial charge in [0.2, 0.25) is 5.91 Å². The van der Waals surface area contributed by atoms with Gasteiger partial charge in [-0.25, -0.2) is 4.79 Å². The minimum Gasteiger partial charge on any atom is -0.496 e. The maximum absolute atomic E-state index is 12.3. The molecule has 26 heavy (non-hydrogen) atoms. The highest BCUT2D eigenvalue weighted by atomic mass is 16.5. The summed E-state index contributed by atoms with van der Waals surface area (Å²) in [7, 11) is 1.62. The molecule has 0 bridgehead atoms. The first-order valence-electron chi connectivity index (χ1n) is 8.67. The Morgan fingerprint density at radius 1 is 1.04 bits per heavy atom. The summed E-state index contributed by atoms with van der Waals surface area (Å²) in [5.41, 5.74) is 1.91. The van der Waals surface area contributed by atoms with Gasteiger partial charge in [0.05, 0.1) is 7.11 Å². The van der Waals surface area contributed by atoms with Crippen molar-refractivity contribution in [3.8, 4) is 5.75 Å². The number of carboxylic acid groups (broad SMARTS) is 1. The number of nitrogens with one attached hydrogen (secondary N) is 1. The van der Waals surface area contributed by atoms with E-state index < -0.39 is 12.0 Å². The molecule has 0 aromatic heterocycles. The Hall–Kier alpha value is -2.82. The Morgan fingerprint density at radius 3 is 2.35 bits per heavy atom. The lowest BCUT2D eigenvalue weighted by molar-refractivity contribution is -0.141. The van der Waals surface area contributed by atoms with Gasteiger partial charge < -0.3 is 15.2 Å². The van der Waals surface area contributed by atoms with Crippen LogP contribution in [-0.4, -0.2) is 30.1 Å². The Morgan fingerprint density at radius 2 is 1.69 bits per heavy atom. The third-order valence-corrected chi connectivity index (χ3v) is 4.21. The molecule has 138 valence electrons. The molecule has 0 spiro atoms. The average Bonchev–Trinajstić information content (AvgIpc) is 2.62. The van der Waals surface area contributed by atoms with Crippen molar-refractivity contribution in [2.24, 2.45) is 5.92 Å². The molecule has 5 nitrogen and oxygen atoms in total. The summed E-state index contributed by atoms with van der Waals surface area (Å²) in [5.74, 6) is -0.417. The zero-order valence-corrected chi connectivity index (χ0v) is 15.1. The van der Waals surface area contributed by atoms with E-state index in [2.05, 4.69) is 5.32 Å². The van der Waals surface area contributed by atoms with Crippen LogP contribution >= 0.6 is 0 Å². The monoisotopic (exact) mass is 355 g/mol. The Bertz CT molecular complexity index is 730. The lowest BCUT2D eigenvalue weighted by Crippen LogP contribution is -2.42. The van der Waals surface area contributed by atoms with Crippen LogP contribution in [0.3, 0.4) is 0 Å². The molecule has 2 aromatic carbocycles. The lowest BCUT2D eigenvalue weighted by atomic mass is 9.96. The first kappa shape index (κ1) is 19.5. The normalized spacial score (nSPS) is 12.8. The van der Waals surface area contributed by atoms with Crippen molar-refractivity contribution in [2.75, 3.05) is 7.11 Å². The topological polar surface area (TPSA) is 75.6 Å². The fourth-order valence-electron chi connectivity index (χ4n) is 2.94. The van der Waals surface area contributed by atoms with Gasteiger partial charge in [0.25, 0.3) is 0 Å². The Balaban J connectivity index is 1.91. The maximum atomic E-state index is 12.3. The molecule has 1 unspecified atom stereocenters. The van der Waals surface area contributed by atoms with Gasteiger partial charge >= 0.3 is 5.97 Å². The Kier molecular flexibility index (Phi) is 7.21. The molecule has 0 aliphatic rings. The molecular formula is C21H25NO4. The van der Waals surface area contributed by atoms with Gasteiger partial charge in [-0.15, -0.1) is 0 Å². The molecule has 0 aliphatic carbocycles. The van der Waals surface area contributed by atoms with Crippen LogP contribution < -0.4 is 10.1 Å². The number of carbonyl (C=O) groups is 2. The van der Waals surface area contributed by atoms with Crippen molar-refractivity contribution in [1.82, 2.24) is 5.32 Å². The van der Waals surface area contributed by atoms with Gasteiger partial charge in [-0.2, -0.15) is 0 Å². The Labute approximate surface area is 154 Å². The number of ether oxygens (including phenoxy) is 1. The summed E-state index contributed by atoms with van der Waals surface area (Å²) < 4.78 is 5.34. The molecule has 0 saturated heterocycles. The summed E-state index contributed by atoms with van der Waals surface area (Å²) in [6.07, 6.45) is 1.22. The predicted octanol–water partition coefficient (Wildman–Crippen LogP) is 3.08. The van der Waals surface area contributed by atoms with Gasteiger partial charge in [-0.05, 0) is 29.5 Å². The van der Waals surface area contributed by atoms with Crippen molar-refractivity contribution in [1.29, 1.82) is 0 Å². The van der Waals surface area contributed by atoms with E-state index in [0.29, 0.717) is 6.42 Å². The van der Waals surface area contributed by atoms with Gasteiger partial charge in [0.15, 0.2) is 0 Å². The molecule has 0 aliphatic heterocycles. The van der Waals surface area contributed by atoms with E-state index in [1.54, 1.807) is 7.11 Å². The number of hydrogen-bond acceptors (Lipinski definition) is 3. The predicted molar refractivity (Wildman–Crippen MR) is 100 cm³/mol. The average molecular weight is 355 g/mol. The molecule has 2 rings (SSSR count). The van der Waals surface area contributed by atoms with Crippen LogP contribution in [0.25, 0.3) is 0 Å². The molecule has 0 radical (unpaired) electrons. The molecule has 2 aromatic rings. The number of para-hydroxylation sites is 1. The minimum absolute atomic E-state index is 0.0671. The van der Waals surface area contributed by atoms with E-state index in [1.165, 1.54) is 0 Å². The largest absolute Gasteiger partial charge is 0.496 e. The van der Waals surface area contributed by atoms with Crippen LogP contribution in [-0.2, 0) is 22.4 Å². The quantitative estimate of drug-likeness (QED) is 0.725. The lowest BCUT2D eigenvalue weighted by Gasteiger charge is -2.17. The van der Waals surface area contributed by atoms with E-state index in [0.717, 1.165) is 16.9 Å². The summed E-state index contributed by atoms with van der Waals surface area (Å²) in [4.78, 5) is 23.8. The fraction of sp³-hybridized carbons (Fsp3) is 0.333. The first-order valence-corrected chi connectivity index (χ1v) is 8.67. The van der Waals surface area contributed by atoms with Crippen molar-refractivity contribution < 1.29 is 19.4 Å². The van der Waals surface area contributed by atoms with E-state index in [1.807, 2.05) is 61.5 Å². The number of hydrogen-bond donors (Lipinski definition) is 2. The second-order valence-electron chi connectivity index (χ2n) is 6.47. The number of aliphatic carboxylic acids is 1. The summed E-state index contributed by atoms with van der Waals surface area (Å²) in [6.45, 7) is 1.97. The summed E-state index contributed by atoms with van der Waals surface area (Å²) >= 11 is 0. The molecule has 5 heteroatoms. The van der Waals surface area contributed by atoms with E-state index >= 15 is 0 Å². The van der Waals surface area contributed by atoms with Crippen LogP contribution in [0.1, 0.15) is 24.5 Å². The van der Waals surface area contributed by atoms with E-state index in [4.69, 9.17) is 4.74 Å². The van der Waals surface area contributed by atoms with Crippen LogP contribution in [0.5, 0.6) is 5.75 Å². The highest BCUT2D eigenvalue weighted by molar-refractivity contribution is 5.83. The highest BCUT2D eigenvalue weighted by Gasteiger charge is 2.21. The fourth-order valence-corrected chi connectivity index (χ4v) is 2.94. The third kappa shape index (κ3) is 5.92. The van der Waals surface area contributed by atoms with Crippen molar-refractivity contribution >= 4 is 11.9 Å². The highest BCUT2D eigenvalue weighted by Crippen LogP contribution is 2.22. The second kappa shape index (κ2) is 9.61. The number of amides is 1. The standard InChI is InChI=1S/C21H25NO4/c1-15(12-17-10-6-7-11-19(17)26-2)13-20(23)22-18(21(24)25)14-16-8-4-3-5-9-16/h3-11,15,18H,12-14H2,1-2H3,(H,22,23)(H,24,25)/t15?,18-/m1/s1. The van der Waals surface area contributed by atoms with E-state index in [9.17, 15) is 14.7 Å². The summed E-state index contributed by atoms with van der Waals surface area (Å²) in [5, 5.41) is 12.0. The number of benzene rings is 2. The van der Waals surface area contributed by atoms with Crippen LogP contribution in [0.4, 0.5) is 0 Å². The zero-order valence-electron chi connectivity index (χ0n) is 15.1. The van der Waals surface area contributed by atoms with Crippen LogP contribution in [0, 0.1) is 5.92 Å². The maximum Gasteiger partial charge on any atom is 0.326 e. The molecule has 1 amide bonds. The molecule has 0 saturated carbocycles. The SMILES string of the molecule is COc1ccccc1CC(C)CC(=O)N[C@H](Cc1ccccc1)C(=O)O. The number of carboxylic acids is 1. The van der Waals surface area contributed by atoms with Gasteiger partial charge in [0, 0.05) is 12.8 Å². The van der Waals surface area contributed by atoms with Crippen LogP contribution in [0.15, 0.2) is 54.6 Å². The number of rotatable bonds is 9. The zero-order chi connectivity index (χ0) is 18.9. The molecule has 0 fully saturated rings. The molecule has 2 atom stereocenters. The third-order valence-electron chi connectivity index (χ3n) is 4.21. The van der Waals surface area contributed by atoms with E-state index in [-0.39, 0.29) is 24.7 Å². The smallest absolute Gasteiger partial charge is 0.326 e. The van der Waals surface area contributed by atoms with Crippen molar-refractivity contribution in [3.05, 3.63) is 65.7 Å². The minimum atomic E-state index is -1.03. The number of methoxy groups -OCH3 is 1. The van der Waals surface area contributed by atoms with Crippen LogP contribution in [0.2, 0.25) is 0 Å². The first-order chi connectivity index (χ1) is 12.5. The molecule has 0 heterocycles. The second-order valence-corrected chi connectivity index (χ2v) is 6.47. The summed E-state index contributed by atoms with van der Waals surface area (Å²) in [6, 6.07) is 16.1. The van der Waals surface area contributed by atoms with Crippen molar-refractivity contribution in [2.45, 2.75) is 32.2 Å². The van der Waals surface area contributed by atoms with Crippen molar-refractivity contribution in [3.63, 3.8) is 0 Å².